The molecule has 0 radical (unpaired) electrons. The van der Waals surface area contributed by atoms with E-state index in [-0.39, 0.29) is 12.6 Å². The number of benzene rings is 1. The average molecular weight is 195 g/mol. The number of ether oxygens (including phenoxy) is 1. The summed E-state index contributed by atoms with van der Waals surface area (Å²) in [6.07, 6.45) is 0. The smallest absolute Gasteiger partial charge is 0.127 e. The third-order valence-electron chi connectivity index (χ3n) is 1.95. The summed E-state index contributed by atoms with van der Waals surface area (Å²) in [5, 5.41) is 9.10. The lowest BCUT2D eigenvalue weighted by Crippen LogP contribution is -2.24. The molecule has 0 amide bonds. The Kier molecular flexibility index (Phi) is 3.92. The third-order valence-corrected chi connectivity index (χ3v) is 1.95. The van der Waals surface area contributed by atoms with Gasteiger partial charge < -0.3 is 15.6 Å². The normalized spacial score (nSPS) is 12.6. The van der Waals surface area contributed by atoms with Gasteiger partial charge in [-0.1, -0.05) is 18.2 Å². The van der Waals surface area contributed by atoms with Gasteiger partial charge in [-0.2, -0.15) is 0 Å². The van der Waals surface area contributed by atoms with Gasteiger partial charge in [0.15, 0.2) is 0 Å². The topological polar surface area (TPSA) is 55.5 Å². The molecule has 3 heteroatoms. The Morgan fingerprint density at radius 1 is 1.50 bits per heavy atom. The number of rotatable bonds is 4. The molecule has 0 heterocycles. The van der Waals surface area contributed by atoms with E-state index in [2.05, 4.69) is 0 Å². The highest BCUT2D eigenvalue weighted by Crippen LogP contribution is 2.23. The molecular formula is C11H17NO2. The predicted molar refractivity (Wildman–Crippen MR) is 56.2 cm³/mol. The standard InChI is InChI=1S/C11H17NO2/c1-8-4-3-5-10(6-13)11(8)14-7-9(2)12/h3-5,9,13H,6-7,12H2,1-2H3/t9-/m1/s1. The van der Waals surface area contributed by atoms with Gasteiger partial charge in [-0.3, -0.25) is 0 Å². The van der Waals surface area contributed by atoms with Crippen LogP contribution in [0.1, 0.15) is 18.1 Å². The molecule has 0 aliphatic heterocycles. The molecule has 0 aromatic heterocycles. The van der Waals surface area contributed by atoms with Crippen LogP contribution in [-0.2, 0) is 6.61 Å². The number of nitrogens with two attached hydrogens (primary N) is 1. The van der Waals surface area contributed by atoms with Gasteiger partial charge in [0.25, 0.3) is 0 Å². The molecule has 1 aromatic rings. The van der Waals surface area contributed by atoms with E-state index >= 15 is 0 Å². The van der Waals surface area contributed by atoms with Crippen LogP contribution in [0.5, 0.6) is 5.75 Å². The fraction of sp³-hybridized carbons (Fsp3) is 0.455. The number of aliphatic hydroxyl groups is 1. The van der Waals surface area contributed by atoms with Crippen molar-refractivity contribution < 1.29 is 9.84 Å². The predicted octanol–water partition coefficient (Wildman–Crippen LogP) is 1.21. The summed E-state index contributed by atoms with van der Waals surface area (Å²) >= 11 is 0. The first-order valence-corrected chi connectivity index (χ1v) is 4.73. The van der Waals surface area contributed by atoms with Crippen molar-refractivity contribution in [2.24, 2.45) is 5.73 Å². The molecule has 0 aliphatic rings. The lowest BCUT2D eigenvalue weighted by Gasteiger charge is -2.14. The van der Waals surface area contributed by atoms with E-state index < -0.39 is 0 Å². The number of aryl methyl sites for hydroxylation is 1. The minimum Gasteiger partial charge on any atom is -0.491 e. The molecule has 0 saturated heterocycles. The summed E-state index contributed by atoms with van der Waals surface area (Å²) in [4.78, 5) is 0. The van der Waals surface area contributed by atoms with Crippen molar-refractivity contribution in [1.82, 2.24) is 0 Å². The van der Waals surface area contributed by atoms with Crippen molar-refractivity contribution in [3.05, 3.63) is 29.3 Å². The summed E-state index contributed by atoms with van der Waals surface area (Å²) in [7, 11) is 0. The third kappa shape index (κ3) is 2.72. The first-order valence-electron chi connectivity index (χ1n) is 4.73. The molecule has 0 unspecified atom stereocenters. The van der Waals surface area contributed by atoms with E-state index in [9.17, 15) is 0 Å². The van der Waals surface area contributed by atoms with E-state index in [4.69, 9.17) is 15.6 Å². The second-order valence-corrected chi connectivity index (χ2v) is 3.51. The van der Waals surface area contributed by atoms with Crippen molar-refractivity contribution in [1.29, 1.82) is 0 Å². The molecule has 78 valence electrons. The van der Waals surface area contributed by atoms with Crippen LogP contribution in [0.15, 0.2) is 18.2 Å². The van der Waals surface area contributed by atoms with Crippen molar-refractivity contribution in [3.8, 4) is 5.75 Å². The number of aliphatic hydroxyl groups excluding tert-OH is 1. The molecule has 1 atom stereocenters. The fourth-order valence-corrected chi connectivity index (χ4v) is 1.26. The molecule has 1 aromatic carbocycles. The van der Waals surface area contributed by atoms with Gasteiger partial charge in [-0.15, -0.1) is 0 Å². The van der Waals surface area contributed by atoms with Gasteiger partial charge in [-0.25, -0.2) is 0 Å². The highest BCUT2D eigenvalue weighted by atomic mass is 16.5. The maximum atomic E-state index is 9.10. The second kappa shape index (κ2) is 4.98. The summed E-state index contributed by atoms with van der Waals surface area (Å²) in [5.74, 6) is 0.757. The molecule has 0 aliphatic carbocycles. The van der Waals surface area contributed by atoms with Crippen LogP contribution in [-0.4, -0.2) is 17.8 Å². The zero-order valence-electron chi connectivity index (χ0n) is 8.66. The van der Waals surface area contributed by atoms with Crippen molar-refractivity contribution in [3.63, 3.8) is 0 Å². The summed E-state index contributed by atoms with van der Waals surface area (Å²) < 4.78 is 5.54. The van der Waals surface area contributed by atoms with Gasteiger partial charge in [0, 0.05) is 11.6 Å². The van der Waals surface area contributed by atoms with Gasteiger partial charge in [0.2, 0.25) is 0 Å². The molecule has 1 rings (SSSR count). The monoisotopic (exact) mass is 195 g/mol. The first-order chi connectivity index (χ1) is 6.65. The van der Waals surface area contributed by atoms with Gasteiger partial charge >= 0.3 is 0 Å². The molecule has 3 nitrogen and oxygen atoms in total. The molecule has 0 fully saturated rings. The Morgan fingerprint density at radius 3 is 2.79 bits per heavy atom. The van der Waals surface area contributed by atoms with Crippen molar-refractivity contribution in [2.75, 3.05) is 6.61 Å². The molecule has 0 bridgehead atoms. The van der Waals surface area contributed by atoms with E-state index in [1.54, 1.807) is 0 Å². The highest BCUT2D eigenvalue weighted by molar-refractivity contribution is 5.40. The zero-order chi connectivity index (χ0) is 10.6. The Hall–Kier alpha value is -1.06. The Morgan fingerprint density at radius 2 is 2.21 bits per heavy atom. The fourth-order valence-electron chi connectivity index (χ4n) is 1.26. The molecular weight excluding hydrogens is 178 g/mol. The zero-order valence-corrected chi connectivity index (χ0v) is 8.66. The van der Waals surface area contributed by atoms with Gasteiger partial charge in [-0.05, 0) is 19.4 Å². The Labute approximate surface area is 84.5 Å². The van der Waals surface area contributed by atoms with Crippen LogP contribution in [0, 0.1) is 6.92 Å². The van der Waals surface area contributed by atoms with E-state index in [1.807, 2.05) is 32.0 Å². The van der Waals surface area contributed by atoms with Crippen LogP contribution >= 0.6 is 0 Å². The average Bonchev–Trinajstić information content (AvgIpc) is 2.15. The summed E-state index contributed by atoms with van der Waals surface area (Å²) in [6, 6.07) is 5.71. The van der Waals surface area contributed by atoms with Crippen LogP contribution < -0.4 is 10.5 Å². The Balaban J connectivity index is 2.82. The van der Waals surface area contributed by atoms with E-state index in [1.165, 1.54) is 0 Å². The largest absolute Gasteiger partial charge is 0.491 e. The molecule has 0 spiro atoms. The van der Waals surface area contributed by atoms with Crippen molar-refractivity contribution >= 4 is 0 Å². The number of para-hydroxylation sites is 1. The second-order valence-electron chi connectivity index (χ2n) is 3.51. The first kappa shape index (κ1) is 11.0. The number of hydrogen-bond donors (Lipinski definition) is 2. The maximum Gasteiger partial charge on any atom is 0.127 e. The molecule has 0 saturated carbocycles. The van der Waals surface area contributed by atoms with Crippen LogP contribution in [0.25, 0.3) is 0 Å². The maximum absolute atomic E-state index is 9.10. The minimum absolute atomic E-state index is 0.00106. The van der Waals surface area contributed by atoms with Gasteiger partial charge in [0.05, 0.1) is 6.61 Å². The molecule has 3 N–H and O–H groups in total. The number of hydrogen-bond acceptors (Lipinski definition) is 3. The Bertz CT molecular complexity index is 297. The van der Waals surface area contributed by atoms with E-state index in [0.717, 1.165) is 16.9 Å². The minimum atomic E-state index is -0.00400. The SMILES string of the molecule is Cc1cccc(CO)c1OC[C@@H](C)N. The van der Waals surface area contributed by atoms with Crippen LogP contribution in [0.3, 0.4) is 0 Å². The highest BCUT2D eigenvalue weighted by Gasteiger charge is 2.06. The molecule has 14 heavy (non-hydrogen) atoms. The summed E-state index contributed by atoms with van der Waals surface area (Å²) in [5.41, 5.74) is 7.43. The lowest BCUT2D eigenvalue weighted by atomic mass is 10.1. The van der Waals surface area contributed by atoms with Crippen LogP contribution in [0.4, 0.5) is 0 Å². The summed E-state index contributed by atoms with van der Waals surface area (Å²) in [6.45, 7) is 4.31. The quantitative estimate of drug-likeness (QED) is 0.759. The van der Waals surface area contributed by atoms with E-state index in [0.29, 0.717) is 6.61 Å². The van der Waals surface area contributed by atoms with Crippen LogP contribution in [0.2, 0.25) is 0 Å². The van der Waals surface area contributed by atoms with Crippen molar-refractivity contribution in [2.45, 2.75) is 26.5 Å². The van der Waals surface area contributed by atoms with Gasteiger partial charge in [0.1, 0.15) is 12.4 Å². The lowest BCUT2D eigenvalue weighted by molar-refractivity contribution is 0.256.